The smallest absolute Gasteiger partial charge is 0.132 e. The second-order valence-corrected chi connectivity index (χ2v) is 4.58. The first kappa shape index (κ1) is 13.0. The minimum Gasteiger partial charge on any atom is -0.207 e. The van der Waals surface area contributed by atoms with Crippen LogP contribution in [0.15, 0.2) is 24.3 Å². The Hall–Kier alpha value is -1.48. The van der Waals surface area contributed by atoms with E-state index in [1.165, 1.54) is 13.0 Å². The molecule has 0 bridgehead atoms. The highest BCUT2D eigenvalue weighted by Gasteiger charge is 2.14. The summed E-state index contributed by atoms with van der Waals surface area (Å²) in [5, 5.41) is 0.134. The summed E-state index contributed by atoms with van der Waals surface area (Å²) >= 11 is 5.93. The van der Waals surface area contributed by atoms with Crippen LogP contribution in [0.4, 0.5) is 13.2 Å². The van der Waals surface area contributed by atoms with Crippen molar-refractivity contribution >= 4 is 11.6 Å². The average Bonchev–Trinajstić information content (AvgIpc) is 2.24. The first-order valence-corrected chi connectivity index (χ1v) is 5.69. The lowest BCUT2D eigenvalue weighted by Crippen LogP contribution is -1.94. The van der Waals surface area contributed by atoms with Gasteiger partial charge in [0.05, 0.1) is 5.02 Å². The van der Waals surface area contributed by atoms with Gasteiger partial charge in [0.2, 0.25) is 0 Å². The quantitative estimate of drug-likeness (QED) is 0.681. The molecule has 0 heterocycles. The zero-order valence-corrected chi connectivity index (χ0v) is 10.6. The molecule has 0 nitrogen and oxygen atoms in total. The lowest BCUT2D eigenvalue weighted by Gasteiger charge is -2.09. The Bertz CT molecular complexity index is 574. The van der Waals surface area contributed by atoms with E-state index in [9.17, 15) is 13.2 Å². The van der Waals surface area contributed by atoms with E-state index in [0.717, 1.165) is 12.1 Å². The van der Waals surface area contributed by atoms with Crippen molar-refractivity contribution < 1.29 is 13.2 Å². The van der Waals surface area contributed by atoms with E-state index < -0.39 is 17.5 Å². The summed E-state index contributed by atoms with van der Waals surface area (Å²) < 4.78 is 40.8. The first-order valence-electron chi connectivity index (χ1n) is 5.32. The Morgan fingerprint density at radius 2 is 1.39 bits per heavy atom. The van der Waals surface area contributed by atoms with Gasteiger partial charge in [-0.3, -0.25) is 0 Å². The maximum Gasteiger partial charge on any atom is 0.132 e. The van der Waals surface area contributed by atoms with Crippen molar-refractivity contribution in [2.75, 3.05) is 0 Å². The average molecular weight is 271 g/mol. The van der Waals surface area contributed by atoms with E-state index in [4.69, 9.17) is 11.6 Å². The van der Waals surface area contributed by atoms with Crippen LogP contribution in [0.1, 0.15) is 11.1 Å². The highest BCUT2D eigenvalue weighted by molar-refractivity contribution is 6.33. The third kappa shape index (κ3) is 2.23. The van der Waals surface area contributed by atoms with Gasteiger partial charge in [0, 0.05) is 11.1 Å². The molecule has 0 saturated heterocycles. The van der Waals surface area contributed by atoms with Crippen LogP contribution >= 0.6 is 11.6 Å². The Labute approximate surface area is 108 Å². The minimum absolute atomic E-state index is 0.0140. The standard InChI is InChI=1S/C14H10ClF3/c1-7-3-10(15)14(13(18)4-7)9-5-11(16)8(2)12(17)6-9/h3-6H,1-2H3. The summed E-state index contributed by atoms with van der Waals surface area (Å²) in [4.78, 5) is 0. The lowest BCUT2D eigenvalue weighted by molar-refractivity contribution is 0.568. The molecule has 0 amide bonds. The predicted molar refractivity (Wildman–Crippen MR) is 66.2 cm³/mol. The molecule has 2 rings (SSSR count). The van der Waals surface area contributed by atoms with Gasteiger partial charge in [-0.2, -0.15) is 0 Å². The number of halogens is 4. The molecule has 2 aromatic carbocycles. The third-order valence-corrected chi connectivity index (χ3v) is 3.05. The molecule has 2 aromatic rings. The number of hydrogen-bond acceptors (Lipinski definition) is 0. The molecular formula is C14H10ClF3. The van der Waals surface area contributed by atoms with Crippen molar-refractivity contribution in [1.82, 2.24) is 0 Å². The molecule has 0 unspecified atom stereocenters. The molecule has 18 heavy (non-hydrogen) atoms. The van der Waals surface area contributed by atoms with Crippen LogP contribution in [0, 0.1) is 31.3 Å². The van der Waals surface area contributed by atoms with Gasteiger partial charge in [0.15, 0.2) is 0 Å². The first-order chi connectivity index (χ1) is 8.40. The van der Waals surface area contributed by atoms with Crippen LogP contribution in [0.3, 0.4) is 0 Å². The van der Waals surface area contributed by atoms with Gasteiger partial charge in [0.1, 0.15) is 17.5 Å². The van der Waals surface area contributed by atoms with Crippen molar-refractivity contribution in [2.45, 2.75) is 13.8 Å². The van der Waals surface area contributed by atoms with E-state index >= 15 is 0 Å². The molecule has 0 aromatic heterocycles. The number of hydrogen-bond donors (Lipinski definition) is 0. The predicted octanol–water partition coefficient (Wildman–Crippen LogP) is 5.04. The monoisotopic (exact) mass is 270 g/mol. The van der Waals surface area contributed by atoms with E-state index in [-0.39, 0.29) is 21.7 Å². The normalized spacial score (nSPS) is 10.8. The van der Waals surface area contributed by atoms with Crippen LogP contribution < -0.4 is 0 Å². The van der Waals surface area contributed by atoms with Gasteiger partial charge in [-0.15, -0.1) is 0 Å². The fourth-order valence-corrected chi connectivity index (χ4v) is 2.14. The van der Waals surface area contributed by atoms with Crippen LogP contribution in [0.5, 0.6) is 0 Å². The third-order valence-electron chi connectivity index (χ3n) is 2.76. The fraction of sp³-hybridized carbons (Fsp3) is 0.143. The van der Waals surface area contributed by atoms with Gasteiger partial charge in [-0.05, 0) is 49.2 Å². The largest absolute Gasteiger partial charge is 0.207 e. The van der Waals surface area contributed by atoms with Crippen molar-refractivity contribution in [3.8, 4) is 11.1 Å². The van der Waals surface area contributed by atoms with Crippen LogP contribution in [-0.4, -0.2) is 0 Å². The van der Waals surface area contributed by atoms with E-state index in [1.54, 1.807) is 13.0 Å². The van der Waals surface area contributed by atoms with E-state index in [1.807, 2.05) is 0 Å². The zero-order chi connectivity index (χ0) is 13.4. The summed E-state index contributed by atoms with van der Waals surface area (Å²) in [6.07, 6.45) is 0. The molecule has 0 saturated carbocycles. The Morgan fingerprint density at radius 1 is 0.833 bits per heavy atom. The topological polar surface area (TPSA) is 0 Å². The molecule has 0 aliphatic rings. The van der Waals surface area contributed by atoms with Gasteiger partial charge >= 0.3 is 0 Å². The molecule has 94 valence electrons. The summed E-state index contributed by atoms with van der Waals surface area (Å²) in [7, 11) is 0. The van der Waals surface area contributed by atoms with Crippen LogP contribution in [0.2, 0.25) is 5.02 Å². The summed E-state index contributed by atoms with van der Waals surface area (Å²) in [5.74, 6) is -2.04. The Morgan fingerprint density at radius 3 is 1.89 bits per heavy atom. The van der Waals surface area contributed by atoms with Crippen molar-refractivity contribution in [3.05, 3.63) is 57.9 Å². The van der Waals surface area contributed by atoms with Crippen LogP contribution in [-0.2, 0) is 0 Å². The molecule has 4 heteroatoms. The van der Waals surface area contributed by atoms with E-state index in [0.29, 0.717) is 5.56 Å². The highest BCUT2D eigenvalue weighted by Crippen LogP contribution is 2.33. The Balaban J connectivity index is 2.70. The number of benzene rings is 2. The molecule has 0 spiro atoms. The fourth-order valence-electron chi connectivity index (χ4n) is 1.77. The second kappa shape index (κ2) is 4.65. The molecule has 0 fully saturated rings. The molecular weight excluding hydrogens is 261 g/mol. The Kier molecular flexibility index (Phi) is 3.35. The van der Waals surface area contributed by atoms with Gasteiger partial charge in [0.25, 0.3) is 0 Å². The lowest BCUT2D eigenvalue weighted by atomic mass is 10.0. The SMILES string of the molecule is Cc1cc(F)c(-c2cc(F)c(C)c(F)c2)c(Cl)c1. The minimum atomic E-state index is -0.721. The maximum atomic E-state index is 13.8. The van der Waals surface area contributed by atoms with Crippen LogP contribution in [0.25, 0.3) is 11.1 Å². The van der Waals surface area contributed by atoms with Crippen molar-refractivity contribution in [2.24, 2.45) is 0 Å². The molecule has 0 N–H and O–H groups in total. The second-order valence-electron chi connectivity index (χ2n) is 4.17. The van der Waals surface area contributed by atoms with Crippen molar-refractivity contribution in [1.29, 1.82) is 0 Å². The van der Waals surface area contributed by atoms with Gasteiger partial charge in [-0.25, -0.2) is 13.2 Å². The molecule has 0 aliphatic carbocycles. The van der Waals surface area contributed by atoms with E-state index in [2.05, 4.69) is 0 Å². The number of aryl methyl sites for hydroxylation is 1. The number of rotatable bonds is 1. The highest BCUT2D eigenvalue weighted by atomic mass is 35.5. The molecule has 0 radical (unpaired) electrons. The maximum absolute atomic E-state index is 13.8. The van der Waals surface area contributed by atoms with Gasteiger partial charge in [-0.1, -0.05) is 11.6 Å². The zero-order valence-electron chi connectivity index (χ0n) is 9.82. The summed E-state index contributed by atoms with van der Waals surface area (Å²) in [5.41, 5.74) is 0.662. The molecule has 0 aliphatic heterocycles. The van der Waals surface area contributed by atoms with Gasteiger partial charge < -0.3 is 0 Å². The molecule has 0 atom stereocenters. The summed E-state index contributed by atoms with van der Waals surface area (Å²) in [6.45, 7) is 3.01. The summed E-state index contributed by atoms with van der Waals surface area (Å²) in [6, 6.07) is 4.99. The van der Waals surface area contributed by atoms with Crippen molar-refractivity contribution in [3.63, 3.8) is 0 Å².